The van der Waals surface area contributed by atoms with E-state index >= 15 is 0 Å². The van der Waals surface area contributed by atoms with Crippen LogP contribution in [0.3, 0.4) is 0 Å². The Kier molecular flexibility index (Phi) is 6.95. The minimum Gasteiger partial charge on any atom is -0.447 e. The lowest BCUT2D eigenvalue weighted by molar-refractivity contribution is 0.112. The van der Waals surface area contributed by atoms with E-state index in [0.29, 0.717) is 21.8 Å². The zero-order chi connectivity index (χ0) is 21.7. The van der Waals surface area contributed by atoms with Crippen molar-refractivity contribution >= 4 is 17.7 Å². The maximum absolute atomic E-state index is 13.7. The molecule has 1 amide bonds. The van der Waals surface area contributed by atoms with Gasteiger partial charge in [0.2, 0.25) is 0 Å². The molecule has 0 radical (unpaired) electrons. The molecule has 3 aromatic rings. The summed E-state index contributed by atoms with van der Waals surface area (Å²) in [6.07, 6.45) is 2.06. The lowest BCUT2D eigenvalue weighted by atomic mass is 9.96. The summed E-state index contributed by atoms with van der Waals surface area (Å²) in [5, 5.41) is 3.32. The average Bonchev–Trinajstić information content (AvgIpc) is 2.67. The van der Waals surface area contributed by atoms with Crippen LogP contribution in [0.5, 0.6) is 0 Å². The van der Waals surface area contributed by atoms with E-state index in [-0.39, 0.29) is 12.5 Å². The summed E-state index contributed by atoms with van der Waals surface area (Å²) in [5.41, 5.74) is 2.28. The van der Waals surface area contributed by atoms with E-state index < -0.39 is 23.8 Å². The predicted octanol–water partition coefficient (Wildman–Crippen LogP) is 5.49. The van der Waals surface area contributed by atoms with Crippen molar-refractivity contribution in [3.63, 3.8) is 0 Å². The largest absolute Gasteiger partial charge is 0.447 e. The zero-order valence-corrected chi connectivity index (χ0v) is 17.2. The van der Waals surface area contributed by atoms with Crippen molar-refractivity contribution in [2.75, 3.05) is 0 Å². The number of carbonyl (C=O) groups excluding carboxylic acids is 1. The first-order valence-corrected chi connectivity index (χ1v) is 9.67. The van der Waals surface area contributed by atoms with Gasteiger partial charge in [0.05, 0.1) is 17.8 Å². The van der Waals surface area contributed by atoms with Crippen LogP contribution < -0.4 is 5.32 Å². The Morgan fingerprint density at radius 2 is 1.80 bits per heavy atom. The van der Waals surface area contributed by atoms with Crippen molar-refractivity contribution in [3.8, 4) is 11.1 Å². The van der Waals surface area contributed by atoms with Crippen LogP contribution in [0.4, 0.5) is 13.6 Å². The molecule has 3 rings (SSSR count). The molecule has 5 nitrogen and oxygen atoms in total. The maximum Gasteiger partial charge on any atom is 0.407 e. The van der Waals surface area contributed by atoms with Crippen molar-refractivity contribution < 1.29 is 18.3 Å². The molecule has 1 aromatic heterocycles. The van der Waals surface area contributed by atoms with E-state index in [0.717, 1.165) is 11.6 Å². The molecule has 1 atom stereocenters. The van der Waals surface area contributed by atoms with Gasteiger partial charge in [0.25, 0.3) is 0 Å². The molecule has 2 aromatic carbocycles. The Morgan fingerprint density at radius 1 is 1.13 bits per heavy atom. The van der Waals surface area contributed by atoms with Gasteiger partial charge < -0.3 is 10.1 Å². The third-order valence-electron chi connectivity index (χ3n) is 4.23. The number of carbonyl (C=O) groups is 1. The molecule has 0 spiro atoms. The standard InChI is InChI=1S/C22H20ClF2N3O2/c1-13(2)30-22(29)28-20(9-14-7-17(24)10-18(25)8-14)21-19(11-26-12-27-21)15-3-5-16(23)6-4-15/h3-8,10-13,20H,9H2,1-2H3,(H,28,29)/t20-/m0/s1. The number of nitrogens with zero attached hydrogens (tertiary/aromatic N) is 2. The fourth-order valence-corrected chi connectivity index (χ4v) is 3.17. The second-order valence-corrected chi connectivity index (χ2v) is 7.40. The van der Waals surface area contributed by atoms with Gasteiger partial charge in [0.15, 0.2) is 0 Å². The van der Waals surface area contributed by atoms with Gasteiger partial charge in [-0.25, -0.2) is 23.5 Å². The average molecular weight is 432 g/mol. The second-order valence-electron chi connectivity index (χ2n) is 6.96. The minimum atomic E-state index is -0.717. The lowest BCUT2D eigenvalue weighted by Gasteiger charge is -2.21. The summed E-state index contributed by atoms with van der Waals surface area (Å²) < 4.78 is 32.6. The van der Waals surface area contributed by atoms with Crippen LogP contribution in [0.2, 0.25) is 5.02 Å². The first kappa shape index (κ1) is 21.6. The number of halogens is 3. The number of ether oxygens (including phenoxy) is 1. The Hall–Kier alpha value is -3.06. The highest BCUT2D eigenvalue weighted by Crippen LogP contribution is 2.29. The quantitative estimate of drug-likeness (QED) is 0.560. The highest BCUT2D eigenvalue weighted by molar-refractivity contribution is 6.30. The number of alkyl carbamates (subject to hydrolysis) is 1. The monoisotopic (exact) mass is 431 g/mol. The van der Waals surface area contributed by atoms with E-state index in [9.17, 15) is 13.6 Å². The molecule has 0 saturated heterocycles. The molecule has 156 valence electrons. The third-order valence-corrected chi connectivity index (χ3v) is 4.48. The Bertz CT molecular complexity index is 1010. The fourth-order valence-electron chi connectivity index (χ4n) is 3.04. The molecule has 0 fully saturated rings. The Labute approximate surface area is 178 Å². The van der Waals surface area contributed by atoms with Gasteiger partial charge in [0.1, 0.15) is 18.0 Å². The number of aromatic nitrogens is 2. The van der Waals surface area contributed by atoms with Crippen LogP contribution in [0.15, 0.2) is 55.0 Å². The summed E-state index contributed by atoms with van der Waals surface area (Å²) in [7, 11) is 0. The van der Waals surface area contributed by atoms with Gasteiger partial charge in [-0.05, 0) is 55.7 Å². The third kappa shape index (κ3) is 5.73. The van der Waals surface area contributed by atoms with Crippen molar-refractivity contribution in [1.29, 1.82) is 0 Å². The summed E-state index contributed by atoms with van der Waals surface area (Å²) in [6.45, 7) is 3.45. The molecule has 0 aliphatic heterocycles. The first-order chi connectivity index (χ1) is 14.3. The number of amides is 1. The van der Waals surface area contributed by atoms with E-state index in [4.69, 9.17) is 16.3 Å². The maximum atomic E-state index is 13.7. The van der Waals surface area contributed by atoms with Crippen molar-refractivity contribution in [3.05, 3.63) is 82.9 Å². The van der Waals surface area contributed by atoms with Crippen LogP contribution in [0.25, 0.3) is 11.1 Å². The second kappa shape index (κ2) is 9.63. The van der Waals surface area contributed by atoms with Crippen molar-refractivity contribution in [1.82, 2.24) is 15.3 Å². The zero-order valence-electron chi connectivity index (χ0n) is 16.4. The van der Waals surface area contributed by atoms with E-state index in [1.54, 1.807) is 44.3 Å². The van der Waals surface area contributed by atoms with Crippen LogP contribution in [-0.4, -0.2) is 22.2 Å². The molecular formula is C22H20ClF2N3O2. The predicted molar refractivity (Wildman–Crippen MR) is 110 cm³/mol. The number of hydrogen-bond donors (Lipinski definition) is 1. The van der Waals surface area contributed by atoms with Crippen LogP contribution >= 0.6 is 11.6 Å². The molecule has 0 aliphatic carbocycles. The van der Waals surface area contributed by atoms with Gasteiger partial charge in [-0.3, -0.25) is 0 Å². The molecule has 0 bridgehead atoms. The van der Waals surface area contributed by atoms with Crippen molar-refractivity contribution in [2.45, 2.75) is 32.4 Å². The Morgan fingerprint density at radius 3 is 2.43 bits per heavy atom. The normalized spacial score (nSPS) is 11.9. The van der Waals surface area contributed by atoms with E-state index in [1.807, 2.05) is 0 Å². The lowest BCUT2D eigenvalue weighted by Crippen LogP contribution is -2.33. The van der Waals surface area contributed by atoms with Gasteiger partial charge in [-0.2, -0.15) is 0 Å². The Balaban J connectivity index is 2.01. The molecule has 0 saturated carbocycles. The fraction of sp³-hybridized carbons (Fsp3) is 0.227. The topological polar surface area (TPSA) is 64.1 Å². The van der Waals surface area contributed by atoms with Gasteiger partial charge >= 0.3 is 6.09 Å². The molecule has 1 N–H and O–H groups in total. The first-order valence-electron chi connectivity index (χ1n) is 9.30. The SMILES string of the molecule is CC(C)OC(=O)N[C@@H](Cc1cc(F)cc(F)c1)c1ncncc1-c1ccc(Cl)cc1. The van der Waals surface area contributed by atoms with Crippen molar-refractivity contribution in [2.24, 2.45) is 0 Å². The number of nitrogens with one attached hydrogen (secondary N) is 1. The van der Waals surface area contributed by atoms with Gasteiger partial charge in [-0.1, -0.05) is 23.7 Å². The minimum absolute atomic E-state index is 0.0967. The van der Waals surface area contributed by atoms with E-state index in [1.165, 1.54) is 18.5 Å². The molecule has 0 aliphatic rings. The van der Waals surface area contributed by atoms with E-state index in [2.05, 4.69) is 15.3 Å². The summed E-state index contributed by atoms with van der Waals surface area (Å²) >= 11 is 5.98. The molecule has 1 heterocycles. The summed E-state index contributed by atoms with van der Waals surface area (Å²) in [4.78, 5) is 20.7. The van der Waals surface area contributed by atoms with Crippen LogP contribution in [-0.2, 0) is 11.2 Å². The smallest absolute Gasteiger partial charge is 0.407 e. The molecule has 8 heteroatoms. The number of rotatable bonds is 6. The highest BCUT2D eigenvalue weighted by atomic mass is 35.5. The van der Waals surface area contributed by atoms with Crippen LogP contribution in [0.1, 0.15) is 31.1 Å². The molecular weight excluding hydrogens is 412 g/mol. The van der Waals surface area contributed by atoms with Gasteiger partial charge in [0, 0.05) is 22.8 Å². The highest BCUT2D eigenvalue weighted by Gasteiger charge is 2.22. The summed E-state index contributed by atoms with van der Waals surface area (Å²) in [6, 6.07) is 9.57. The molecule has 30 heavy (non-hydrogen) atoms. The van der Waals surface area contributed by atoms with Gasteiger partial charge in [-0.15, -0.1) is 0 Å². The molecule has 0 unspecified atom stereocenters. The number of hydrogen-bond acceptors (Lipinski definition) is 4. The van der Waals surface area contributed by atoms with Crippen LogP contribution in [0, 0.1) is 11.6 Å². The number of benzene rings is 2. The summed E-state index contributed by atoms with van der Waals surface area (Å²) in [5.74, 6) is -1.40.